The smallest absolute Gasteiger partial charge is 0.234 e. The first kappa shape index (κ1) is 23.3. The van der Waals surface area contributed by atoms with Crippen molar-refractivity contribution in [2.75, 3.05) is 23.5 Å². The molecule has 3 aromatic rings. The fourth-order valence-corrected chi connectivity index (χ4v) is 3.87. The van der Waals surface area contributed by atoms with Crippen LogP contribution in [0.5, 0.6) is 5.75 Å². The third-order valence-corrected chi connectivity index (χ3v) is 5.83. The molecule has 8 nitrogen and oxygen atoms in total. The van der Waals surface area contributed by atoms with Crippen LogP contribution in [0.1, 0.15) is 31.2 Å². The summed E-state index contributed by atoms with van der Waals surface area (Å²) in [6, 6.07) is 15.0. The van der Waals surface area contributed by atoms with Crippen LogP contribution in [0.25, 0.3) is 0 Å². The molecule has 0 radical (unpaired) electrons. The average molecular weight is 454 g/mol. The number of carbonyl (C=O) groups is 2. The van der Waals surface area contributed by atoms with Gasteiger partial charge in [-0.15, -0.1) is 10.2 Å². The predicted octanol–water partition coefficient (Wildman–Crippen LogP) is 3.86. The van der Waals surface area contributed by atoms with Crippen LogP contribution in [0, 0.1) is 0 Å². The van der Waals surface area contributed by atoms with E-state index in [2.05, 4.69) is 34.7 Å². The second kappa shape index (κ2) is 10.8. The molecule has 1 aromatic heterocycles. The number of hydrogen-bond acceptors (Lipinski definition) is 6. The Morgan fingerprint density at radius 3 is 2.38 bits per heavy atom. The Balaban J connectivity index is 1.57. The summed E-state index contributed by atoms with van der Waals surface area (Å²) in [7, 11) is 3.33. The molecular formula is C23H27N5O3S. The standard InChI is InChI=1S/C23H27N5O3S/c1-15(2)16-9-5-6-10-17(16)24-22(30)14-32-23-27-26-20(28(23)3)13-21(29)25-18-11-7-8-12-19(18)31-4/h5-12,15H,13-14H2,1-4H3,(H,24,30)(H,25,29). The molecule has 0 spiro atoms. The fourth-order valence-electron chi connectivity index (χ4n) is 3.14. The quantitative estimate of drug-likeness (QED) is 0.478. The molecule has 2 aromatic carbocycles. The highest BCUT2D eigenvalue weighted by molar-refractivity contribution is 7.99. The van der Waals surface area contributed by atoms with Crippen molar-refractivity contribution in [1.29, 1.82) is 0 Å². The zero-order chi connectivity index (χ0) is 23.1. The maximum Gasteiger partial charge on any atom is 0.234 e. The molecule has 2 N–H and O–H groups in total. The van der Waals surface area contributed by atoms with Gasteiger partial charge in [-0.05, 0) is 29.7 Å². The van der Waals surface area contributed by atoms with Crippen molar-refractivity contribution in [3.8, 4) is 5.75 Å². The van der Waals surface area contributed by atoms with E-state index in [0.29, 0.717) is 28.3 Å². The molecule has 0 aliphatic carbocycles. The highest BCUT2D eigenvalue weighted by Crippen LogP contribution is 2.25. The van der Waals surface area contributed by atoms with Gasteiger partial charge < -0.3 is 19.9 Å². The highest BCUT2D eigenvalue weighted by Gasteiger charge is 2.16. The first-order valence-corrected chi connectivity index (χ1v) is 11.2. The summed E-state index contributed by atoms with van der Waals surface area (Å²) < 4.78 is 6.98. The molecule has 0 saturated carbocycles. The van der Waals surface area contributed by atoms with E-state index < -0.39 is 0 Å². The molecule has 2 amide bonds. The van der Waals surface area contributed by atoms with E-state index in [4.69, 9.17) is 4.74 Å². The lowest BCUT2D eigenvalue weighted by atomic mass is 10.0. The lowest BCUT2D eigenvalue weighted by molar-refractivity contribution is -0.116. The number of aromatic nitrogens is 3. The minimum Gasteiger partial charge on any atom is -0.495 e. The summed E-state index contributed by atoms with van der Waals surface area (Å²) in [4.78, 5) is 24.9. The molecule has 0 saturated heterocycles. The van der Waals surface area contributed by atoms with Gasteiger partial charge >= 0.3 is 0 Å². The van der Waals surface area contributed by atoms with Gasteiger partial charge in [-0.25, -0.2) is 0 Å². The third-order valence-electron chi connectivity index (χ3n) is 4.81. The molecule has 168 valence electrons. The van der Waals surface area contributed by atoms with Crippen LogP contribution >= 0.6 is 11.8 Å². The first-order valence-electron chi connectivity index (χ1n) is 10.2. The molecule has 1 heterocycles. The summed E-state index contributed by atoms with van der Waals surface area (Å²) in [5.74, 6) is 1.23. The first-order chi connectivity index (χ1) is 15.4. The molecule has 0 fully saturated rings. The van der Waals surface area contributed by atoms with Crippen molar-refractivity contribution >= 4 is 35.0 Å². The number of anilines is 2. The minimum absolute atomic E-state index is 0.0517. The molecule has 0 bridgehead atoms. The van der Waals surface area contributed by atoms with Gasteiger partial charge in [0.05, 0.1) is 25.0 Å². The molecule has 0 unspecified atom stereocenters. The number of rotatable bonds is 9. The minimum atomic E-state index is -0.232. The number of carbonyl (C=O) groups excluding carboxylic acids is 2. The molecule has 0 aliphatic rings. The second-order valence-corrected chi connectivity index (χ2v) is 8.40. The van der Waals surface area contributed by atoms with E-state index in [9.17, 15) is 9.59 Å². The Morgan fingerprint density at radius 1 is 1.00 bits per heavy atom. The molecule has 0 atom stereocenters. The normalized spacial score (nSPS) is 10.8. The monoisotopic (exact) mass is 453 g/mol. The van der Waals surface area contributed by atoms with Crippen LogP contribution in [0.3, 0.4) is 0 Å². The Kier molecular flexibility index (Phi) is 7.88. The number of methoxy groups -OCH3 is 1. The SMILES string of the molecule is COc1ccccc1NC(=O)Cc1nnc(SCC(=O)Nc2ccccc2C(C)C)n1C. The number of ether oxygens (including phenoxy) is 1. The van der Waals surface area contributed by atoms with Gasteiger partial charge in [0.15, 0.2) is 5.16 Å². The number of amides is 2. The largest absolute Gasteiger partial charge is 0.495 e. The number of thioether (sulfide) groups is 1. The number of benzene rings is 2. The number of nitrogens with one attached hydrogen (secondary N) is 2. The maximum atomic E-state index is 12.5. The van der Waals surface area contributed by atoms with Gasteiger partial charge in [0, 0.05) is 12.7 Å². The van der Waals surface area contributed by atoms with E-state index >= 15 is 0 Å². The van der Waals surface area contributed by atoms with Crippen LogP contribution in [0.2, 0.25) is 0 Å². The van der Waals surface area contributed by atoms with Crippen molar-refractivity contribution < 1.29 is 14.3 Å². The number of nitrogens with zero attached hydrogens (tertiary/aromatic N) is 3. The van der Waals surface area contributed by atoms with Crippen molar-refractivity contribution in [2.24, 2.45) is 7.05 Å². The van der Waals surface area contributed by atoms with E-state index in [0.717, 1.165) is 11.3 Å². The van der Waals surface area contributed by atoms with Gasteiger partial charge in [-0.2, -0.15) is 0 Å². The Bertz CT molecular complexity index is 1100. The van der Waals surface area contributed by atoms with Crippen LogP contribution in [0.4, 0.5) is 11.4 Å². The second-order valence-electron chi connectivity index (χ2n) is 7.46. The summed E-state index contributed by atoms with van der Waals surface area (Å²) in [6.45, 7) is 4.18. The zero-order valence-corrected chi connectivity index (χ0v) is 19.4. The lowest BCUT2D eigenvalue weighted by Gasteiger charge is -2.13. The highest BCUT2D eigenvalue weighted by atomic mass is 32.2. The Hall–Kier alpha value is -3.33. The van der Waals surface area contributed by atoms with Crippen molar-refractivity contribution in [2.45, 2.75) is 31.3 Å². The van der Waals surface area contributed by atoms with Crippen LogP contribution in [0.15, 0.2) is 53.7 Å². The van der Waals surface area contributed by atoms with Gasteiger partial charge in [-0.3, -0.25) is 9.59 Å². The Morgan fingerprint density at radius 2 is 1.66 bits per heavy atom. The predicted molar refractivity (Wildman–Crippen MR) is 126 cm³/mol. The van der Waals surface area contributed by atoms with Gasteiger partial charge in [0.2, 0.25) is 11.8 Å². The van der Waals surface area contributed by atoms with Crippen molar-refractivity contribution in [3.63, 3.8) is 0 Å². The van der Waals surface area contributed by atoms with E-state index in [1.807, 2.05) is 36.4 Å². The van der Waals surface area contributed by atoms with Crippen LogP contribution in [-0.4, -0.2) is 39.4 Å². The third kappa shape index (κ3) is 5.88. The van der Waals surface area contributed by atoms with E-state index in [1.165, 1.54) is 11.8 Å². The van der Waals surface area contributed by atoms with Gasteiger partial charge in [0.25, 0.3) is 0 Å². The van der Waals surface area contributed by atoms with E-state index in [1.54, 1.807) is 30.9 Å². The number of para-hydroxylation sites is 3. The molecule has 0 aliphatic heterocycles. The molecule has 9 heteroatoms. The average Bonchev–Trinajstić information content (AvgIpc) is 3.12. The zero-order valence-electron chi connectivity index (χ0n) is 18.6. The fraction of sp³-hybridized carbons (Fsp3) is 0.304. The maximum absolute atomic E-state index is 12.5. The van der Waals surface area contributed by atoms with Crippen molar-refractivity contribution in [3.05, 3.63) is 59.9 Å². The molecular weight excluding hydrogens is 426 g/mol. The lowest BCUT2D eigenvalue weighted by Crippen LogP contribution is -2.18. The molecule has 3 rings (SSSR count). The number of hydrogen-bond donors (Lipinski definition) is 2. The van der Waals surface area contributed by atoms with Crippen LogP contribution < -0.4 is 15.4 Å². The van der Waals surface area contributed by atoms with E-state index in [-0.39, 0.29) is 24.0 Å². The van der Waals surface area contributed by atoms with Crippen LogP contribution in [-0.2, 0) is 23.1 Å². The summed E-state index contributed by atoms with van der Waals surface area (Å²) in [5.41, 5.74) is 2.50. The van der Waals surface area contributed by atoms with Crippen molar-refractivity contribution in [1.82, 2.24) is 14.8 Å². The summed E-state index contributed by atoms with van der Waals surface area (Å²) in [6.07, 6.45) is 0.0517. The Labute approximate surface area is 191 Å². The summed E-state index contributed by atoms with van der Waals surface area (Å²) >= 11 is 1.27. The molecule has 32 heavy (non-hydrogen) atoms. The summed E-state index contributed by atoms with van der Waals surface area (Å²) in [5, 5.41) is 14.6. The van der Waals surface area contributed by atoms with Gasteiger partial charge in [-0.1, -0.05) is 55.9 Å². The van der Waals surface area contributed by atoms with Gasteiger partial charge in [0.1, 0.15) is 11.6 Å². The topological polar surface area (TPSA) is 98.1 Å².